The molecule has 3 N–H and O–H groups in total. The summed E-state index contributed by atoms with van der Waals surface area (Å²) < 4.78 is 0. The van der Waals surface area contributed by atoms with Crippen LogP contribution in [0.4, 0.5) is 0 Å². The molecule has 0 aliphatic carbocycles. The predicted octanol–water partition coefficient (Wildman–Crippen LogP) is 1.96. The van der Waals surface area contributed by atoms with Gasteiger partial charge in [0.05, 0.1) is 11.9 Å². The van der Waals surface area contributed by atoms with Crippen molar-refractivity contribution < 1.29 is 41.8 Å². The molecule has 0 saturated heterocycles. The molecule has 0 aliphatic rings. The average Bonchev–Trinajstić information content (AvgIpc) is 2.83. The quantitative estimate of drug-likeness (QED) is 0.301. The van der Waals surface area contributed by atoms with Gasteiger partial charge in [0, 0.05) is 24.8 Å². The van der Waals surface area contributed by atoms with Crippen LogP contribution in [0.2, 0.25) is 0 Å². The normalized spacial score (nSPS) is 8.29. The van der Waals surface area contributed by atoms with E-state index in [1.54, 1.807) is 49.1 Å². The van der Waals surface area contributed by atoms with Crippen molar-refractivity contribution in [1.29, 1.82) is 0 Å². The molecule has 0 radical (unpaired) electrons. The zero-order chi connectivity index (χ0) is 23.6. The molecule has 8 heteroatoms. The Kier molecular flexibility index (Phi) is 18.8. The van der Waals surface area contributed by atoms with Crippen LogP contribution in [0, 0.1) is 13.8 Å². The second-order valence-electron chi connectivity index (χ2n) is 6.36. The van der Waals surface area contributed by atoms with E-state index in [0.29, 0.717) is 0 Å². The zero-order valence-electron chi connectivity index (χ0n) is 18.8. The molecular formula is C26H27N2NiO5+. The van der Waals surface area contributed by atoms with Crippen molar-refractivity contribution in [2.75, 3.05) is 0 Å². The molecule has 2 heterocycles. The fraction of sp³-hybridized carbons (Fsp3) is 0.0769. The molecule has 0 atom stereocenters. The van der Waals surface area contributed by atoms with E-state index >= 15 is 0 Å². The van der Waals surface area contributed by atoms with Crippen LogP contribution >= 0.6 is 0 Å². The van der Waals surface area contributed by atoms with Gasteiger partial charge in [0.1, 0.15) is 0 Å². The Morgan fingerprint density at radius 2 is 0.824 bits per heavy atom. The SMILES string of the molecule is Cc1ccc(C(=O)[O-])cc1.Cc1ccc(C(=O)[O-])cc1.[Ni+2].[OH3+].c1ccncc1.c1ccncc1. The van der Waals surface area contributed by atoms with E-state index < -0.39 is 11.9 Å². The molecule has 0 amide bonds. The van der Waals surface area contributed by atoms with Gasteiger partial charge in [-0.1, -0.05) is 71.8 Å². The van der Waals surface area contributed by atoms with E-state index in [1.165, 1.54) is 24.3 Å². The van der Waals surface area contributed by atoms with Gasteiger partial charge in [-0.3, -0.25) is 9.97 Å². The third kappa shape index (κ3) is 15.9. The first-order chi connectivity index (χ1) is 15.4. The third-order valence-corrected chi connectivity index (χ3v) is 3.71. The van der Waals surface area contributed by atoms with E-state index in [4.69, 9.17) is 0 Å². The van der Waals surface area contributed by atoms with Gasteiger partial charge in [-0.15, -0.1) is 0 Å². The van der Waals surface area contributed by atoms with Gasteiger partial charge in [0.2, 0.25) is 0 Å². The number of carbonyl (C=O) groups excluding carboxylic acids is 2. The van der Waals surface area contributed by atoms with Gasteiger partial charge in [-0.25, -0.2) is 0 Å². The van der Waals surface area contributed by atoms with Gasteiger partial charge in [-0.2, -0.15) is 0 Å². The van der Waals surface area contributed by atoms with Gasteiger partial charge in [-0.05, 0) is 49.2 Å². The molecule has 0 unspecified atom stereocenters. The molecule has 0 aliphatic heterocycles. The maximum Gasteiger partial charge on any atom is 2.00 e. The second kappa shape index (κ2) is 19.8. The Labute approximate surface area is 209 Å². The zero-order valence-corrected chi connectivity index (χ0v) is 19.8. The fourth-order valence-corrected chi connectivity index (χ4v) is 2.00. The molecule has 0 bridgehead atoms. The molecule has 2 aromatic carbocycles. The largest absolute Gasteiger partial charge is 2.00 e. The van der Waals surface area contributed by atoms with Crippen molar-refractivity contribution in [2.24, 2.45) is 0 Å². The summed E-state index contributed by atoms with van der Waals surface area (Å²) in [6.45, 7) is 3.80. The molecule has 4 rings (SSSR count). The number of hydrogen-bond donors (Lipinski definition) is 0. The number of aryl methyl sites for hydroxylation is 2. The van der Waals surface area contributed by atoms with Crippen LogP contribution < -0.4 is 10.2 Å². The van der Waals surface area contributed by atoms with Crippen molar-refractivity contribution in [2.45, 2.75) is 13.8 Å². The van der Waals surface area contributed by atoms with Crippen molar-refractivity contribution in [3.63, 3.8) is 0 Å². The molecule has 180 valence electrons. The fourth-order valence-electron chi connectivity index (χ4n) is 2.00. The number of aromatic carboxylic acids is 2. The summed E-state index contributed by atoms with van der Waals surface area (Å²) in [4.78, 5) is 28.0. The molecule has 34 heavy (non-hydrogen) atoms. The Hall–Kier alpha value is -3.87. The summed E-state index contributed by atoms with van der Waals surface area (Å²) in [5, 5.41) is 20.4. The molecule has 0 spiro atoms. The minimum atomic E-state index is -1.12. The first-order valence-corrected chi connectivity index (χ1v) is 9.66. The maximum atomic E-state index is 10.2. The van der Waals surface area contributed by atoms with E-state index in [2.05, 4.69) is 9.97 Å². The monoisotopic (exact) mass is 505 g/mol. The number of hydrogen-bond acceptors (Lipinski definition) is 6. The van der Waals surface area contributed by atoms with Crippen LogP contribution in [-0.2, 0) is 22.0 Å². The van der Waals surface area contributed by atoms with Gasteiger partial charge >= 0.3 is 16.5 Å². The smallest absolute Gasteiger partial charge is 0.545 e. The van der Waals surface area contributed by atoms with Gasteiger partial charge < -0.3 is 25.3 Å². The number of rotatable bonds is 2. The number of pyridine rings is 2. The maximum absolute atomic E-state index is 10.2. The molecule has 0 fully saturated rings. The van der Waals surface area contributed by atoms with Crippen LogP contribution in [0.15, 0.2) is 110 Å². The number of carbonyl (C=O) groups is 2. The van der Waals surface area contributed by atoms with Crippen LogP contribution in [0.1, 0.15) is 31.8 Å². The van der Waals surface area contributed by atoms with Crippen molar-refractivity contribution in [1.82, 2.24) is 9.97 Å². The number of aromatic nitrogens is 2. The number of carboxylic acids is 2. The van der Waals surface area contributed by atoms with Gasteiger partial charge in [0.15, 0.2) is 0 Å². The van der Waals surface area contributed by atoms with E-state index in [0.717, 1.165) is 11.1 Å². The average molecular weight is 506 g/mol. The van der Waals surface area contributed by atoms with Crippen LogP contribution in [0.3, 0.4) is 0 Å². The Morgan fingerprint density at radius 3 is 0.971 bits per heavy atom. The molecular weight excluding hydrogens is 479 g/mol. The topological polar surface area (TPSA) is 139 Å². The number of nitrogens with zero attached hydrogens (tertiary/aromatic N) is 2. The van der Waals surface area contributed by atoms with Crippen molar-refractivity contribution >= 4 is 11.9 Å². The van der Waals surface area contributed by atoms with E-state index in [-0.39, 0.29) is 33.1 Å². The van der Waals surface area contributed by atoms with Crippen molar-refractivity contribution in [3.8, 4) is 0 Å². The Balaban J connectivity index is 0. The Morgan fingerprint density at radius 1 is 0.559 bits per heavy atom. The second-order valence-corrected chi connectivity index (χ2v) is 6.36. The number of benzene rings is 2. The predicted molar refractivity (Wildman–Crippen MR) is 124 cm³/mol. The Bertz CT molecular complexity index is 890. The van der Waals surface area contributed by atoms with Crippen LogP contribution in [0.5, 0.6) is 0 Å². The molecule has 7 nitrogen and oxygen atoms in total. The minimum Gasteiger partial charge on any atom is -0.545 e. The summed E-state index contributed by atoms with van der Waals surface area (Å²) in [5.41, 5.74) is 2.55. The van der Waals surface area contributed by atoms with Crippen molar-refractivity contribution in [3.05, 3.63) is 132 Å². The first kappa shape index (κ1) is 32.3. The van der Waals surface area contributed by atoms with Crippen LogP contribution in [-0.4, -0.2) is 21.9 Å². The van der Waals surface area contributed by atoms with E-state index in [9.17, 15) is 19.8 Å². The molecule has 2 aromatic heterocycles. The molecule has 4 aromatic rings. The summed E-state index contributed by atoms with van der Waals surface area (Å²) in [7, 11) is 0. The van der Waals surface area contributed by atoms with Gasteiger partial charge in [0.25, 0.3) is 0 Å². The molecule has 0 saturated carbocycles. The summed E-state index contributed by atoms with van der Waals surface area (Å²) in [6, 6.07) is 24.5. The van der Waals surface area contributed by atoms with Crippen LogP contribution in [0.25, 0.3) is 0 Å². The standard InChI is InChI=1S/2C8H8O2.2C5H5N.Ni.H2O/c2*1-6-2-4-7(5-3-6)8(9)10;2*1-2-4-6-5-3-1;;/h2*2-5H,1H3,(H,9,10);2*1-5H;;1H2/q;;;;+2;/p-1. The third-order valence-electron chi connectivity index (χ3n) is 3.71. The van der Waals surface area contributed by atoms with E-state index in [1.807, 2.05) is 50.2 Å². The summed E-state index contributed by atoms with van der Waals surface area (Å²) >= 11 is 0. The summed E-state index contributed by atoms with van der Waals surface area (Å²) in [5.74, 6) is -2.25. The first-order valence-electron chi connectivity index (χ1n) is 9.66. The number of carboxylic acid groups (broad SMARTS) is 2. The minimum absolute atomic E-state index is 0. The summed E-state index contributed by atoms with van der Waals surface area (Å²) in [6.07, 6.45) is 7.00.